The summed E-state index contributed by atoms with van der Waals surface area (Å²) >= 11 is 15.8. The highest BCUT2D eigenvalue weighted by Gasteiger charge is 2.10. The van der Waals surface area contributed by atoms with Gasteiger partial charge in [0.25, 0.3) is 0 Å². The molecule has 18 heavy (non-hydrogen) atoms. The molecule has 0 saturated heterocycles. The summed E-state index contributed by atoms with van der Waals surface area (Å²) in [6, 6.07) is 14.1. The lowest BCUT2D eigenvalue weighted by atomic mass is 10.0. The van der Waals surface area contributed by atoms with E-state index in [1.165, 1.54) is 11.1 Å². The van der Waals surface area contributed by atoms with E-state index < -0.39 is 0 Å². The third-order valence-corrected chi connectivity index (χ3v) is 4.42. The Morgan fingerprint density at radius 3 is 2.39 bits per heavy atom. The first-order valence-electron chi connectivity index (χ1n) is 5.71. The molecule has 0 nitrogen and oxygen atoms in total. The highest BCUT2D eigenvalue weighted by atomic mass is 79.9. The molecule has 0 spiro atoms. The van der Waals surface area contributed by atoms with Crippen molar-refractivity contribution in [2.45, 2.75) is 18.7 Å². The van der Waals surface area contributed by atoms with Crippen molar-refractivity contribution in [1.29, 1.82) is 0 Å². The van der Waals surface area contributed by atoms with Crippen LogP contribution >= 0.6 is 39.1 Å². The van der Waals surface area contributed by atoms with Crippen LogP contribution in [0, 0.1) is 6.92 Å². The minimum absolute atomic E-state index is 0.0158. The fourth-order valence-electron chi connectivity index (χ4n) is 1.81. The van der Waals surface area contributed by atoms with E-state index in [4.69, 9.17) is 23.2 Å². The SMILES string of the molecule is Cc1cc(C(Cl)Cc2ccc(Cl)cc2)ccc1Br. The average Bonchev–Trinajstić information content (AvgIpc) is 2.35. The minimum Gasteiger partial charge on any atom is -0.117 e. The van der Waals surface area contributed by atoms with Gasteiger partial charge in [-0.1, -0.05) is 51.8 Å². The van der Waals surface area contributed by atoms with Gasteiger partial charge in [-0.2, -0.15) is 0 Å². The monoisotopic (exact) mass is 342 g/mol. The molecule has 0 aliphatic carbocycles. The number of alkyl halides is 1. The van der Waals surface area contributed by atoms with Crippen LogP contribution in [-0.4, -0.2) is 0 Å². The van der Waals surface area contributed by atoms with Crippen molar-refractivity contribution in [3.05, 3.63) is 68.7 Å². The minimum atomic E-state index is -0.0158. The van der Waals surface area contributed by atoms with Crippen LogP contribution in [0.4, 0.5) is 0 Å². The Kier molecular flexibility index (Phi) is 4.71. The van der Waals surface area contributed by atoms with Gasteiger partial charge in [0.15, 0.2) is 0 Å². The molecule has 1 unspecified atom stereocenters. The first kappa shape index (κ1) is 13.9. The van der Waals surface area contributed by atoms with E-state index in [1.54, 1.807) is 0 Å². The van der Waals surface area contributed by atoms with Crippen molar-refractivity contribution in [3.63, 3.8) is 0 Å². The van der Waals surface area contributed by atoms with E-state index >= 15 is 0 Å². The topological polar surface area (TPSA) is 0 Å². The van der Waals surface area contributed by atoms with Crippen molar-refractivity contribution in [2.24, 2.45) is 0 Å². The molecule has 0 radical (unpaired) electrons. The van der Waals surface area contributed by atoms with Crippen LogP contribution in [0.5, 0.6) is 0 Å². The highest BCUT2D eigenvalue weighted by Crippen LogP contribution is 2.28. The normalized spacial score (nSPS) is 12.4. The maximum absolute atomic E-state index is 6.46. The zero-order chi connectivity index (χ0) is 13.1. The Balaban J connectivity index is 2.13. The van der Waals surface area contributed by atoms with Crippen LogP contribution < -0.4 is 0 Å². The molecule has 0 aliphatic heterocycles. The molecule has 1 atom stereocenters. The Bertz CT molecular complexity index is 535. The molecular formula is C15H13BrCl2. The number of halogens is 3. The van der Waals surface area contributed by atoms with E-state index in [-0.39, 0.29) is 5.38 Å². The molecule has 2 aromatic carbocycles. The lowest BCUT2D eigenvalue weighted by Gasteiger charge is -2.11. The van der Waals surface area contributed by atoms with Crippen molar-refractivity contribution in [2.75, 3.05) is 0 Å². The highest BCUT2D eigenvalue weighted by molar-refractivity contribution is 9.10. The Morgan fingerprint density at radius 2 is 1.78 bits per heavy atom. The largest absolute Gasteiger partial charge is 0.117 e. The second-order valence-corrected chi connectivity index (χ2v) is 6.12. The van der Waals surface area contributed by atoms with Crippen LogP contribution in [0.1, 0.15) is 22.1 Å². The first-order chi connectivity index (χ1) is 8.56. The summed E-state index contributed by atoms with van der Waals surface area (Å²) < 4.78 is 1.11. The molecule has 0 N–H and O–H groups in total. The molecule has 0 fully saturated rings. The van der Waals surface area contributed by atoms with E-state index in [1.807, 2.05) is 30.3 Å². The van der Waals surface area contributed by atoms with Crippen LogP contribution in [0.15, 0.2) is 46.9 Å². The molecule has 3 heteroatoms. The van der Waals surface area contributed by atoms with Gasteiger partial charge in [0.2, 0.25) is 0 Å². The van der Waals surface area contributed by atoms with Crippen LogP contribution in [0.25, 0.3) is 0 Å². The third kappa shape index (κ3) is 3.50. The van der Waals surface area contributed by atoms with Gasteiger partial charge in [-0.25, -0.2) is 0 Å². The zero-order valence-electron chi connectivity index (χ0n) is 9.96. The van der Waals surface area contributed by atoms with Gasteiger partial charge in [0, 0.05) is 9.50 Å². The molecule has 0 amide bonds. The van der Waals surface area contributed by atoms with Gasteiger partial charge in [0.05, 0.1) is 5.38 Å². The van der Waals surface area contributed by atoms with E-state index in [2.05, 4.69) is 35.0 Å². The van der Waals surface area contributed by atoms with Crippen molar-refractivity contribution < 1.29 is 0 Å². The van der Waals surface area contributed by atoms with Crippen molar-refractivity contribution in [3.8, 4) is 0 Å². The molecule has 94 valence electrons. The van der Waals surface area contributed by atoms with Gasteiger partial charge >= 0.3 is 0 Å². The standard InChI is InChI=1S/C15H13BrCl2/c1-10-8-12(4-7-14(10)16)15(18)9-11-2-5-13(17)6-3-11/h2-8,15H,9H2,1H3. The second kappa shape index (κ2) is 6.10. The lowest BCUT2D eigenvalue weighted by Crippen LogP contribution is -1.96. The summed E-state index contributed by atoms with van der Waals surface area (Å²) in [4.78, 5) is 0. The van der Waals surface area contributed by atoms with Crippen LogP contribution in [-0.2, 0) is 6.42 Å². The predicted octanol–water partition coefficient (Wildman–Crippen LogP) is 5.93. The van der Waals surface area contributed by atoms with Gasteiger partial charge in [-0.15, -0.1) is 11.6 Å². The summed E-state index contributed by atoms with van der Waals surface area (Å²) in [5.41, 5.74) is 3.54. The molecule has 2 rings (SSSR count). The molecule has 0 saturated carbocycles. The van der Waals surface area contributed by atoms with E-state index in [0.717, 1.165) is 21.5 Å². The third-order valence-electron chi connectivity index (χ3n) is 2.87. The molecule has 0 bridgehead atoms. The summed E-state index contributed by atoms with van der Waals surface area (Å²) in [5, 5.41) is 0.738. The van der Waals surface area contributed by atoms with Gasteiger partial charge < -0.3 is 0 Å². The quantitative estimate of drug-likeness (QED) is 0.605. The Labute approximate surface area is 126 Å². The Hall–Kier alpha value is -0.500. The number of hydrogen-bond donors (Lipinski definition) is 0. The van der Waals surface area contributed by atoms with Crippen molar-refractivity contribution in [1.82, 2.24) is 0 Å². The van der Waals surface area contributed by atoms with Gasteiger partial charge in [0.1, 0.15) is 0 Å². The van der Waals surface area contributed by atoms with E-state index in [0.29, 0.717) is 0 Å². The number of hydrogen-bond acceptors (Lipinski definition) is 0. The summed E-state index contributed by atoms with van der Waals surface area (Å²) in [7, 11) is 0. The fourth-order valence-corrected chi connectivity index (χ4v) is 2.49. The molecule has 0 aliphatic rings. The zero-order valence-corrected chi connectivity index (χ0v) is 13.1. The predicted molar refractivity (Wildman–Crippen MR) is 82.6 cm³/mol. The summed E-state index contributed by atoms with van der Waals surface area (Å²) in [6.07, 6.45) is 0.805. The average molecular weight is 344 g/mol. The maximum atomic E-state index is 6.46. The number of benzene rings is 2. The maximum Gasteiger partial charge on any atom is 0.0625 e. The molecular weight excluding hydrogens is 331 g/mol. The van der Waals surface area contributed by atoms with Crippen LogP contribution in [0.2, 0.25) is 5.02 Å². The number of rotatable bonds is 3. The summed E-state index contributed by atoms with van der Waals surface area (Å²) in [6.45, 7) is 2.07. The van der Waals surface area contributed by atoms with Gasteiger partial charge in [-0.3, -0.25) is 0 Å². The van der Waals surface area contributed by atoms with Gasteiger partial charge in [-0.05, 0) is 48.2 Å². The number of aryl methyl sites for hydroxylation is 1. The second-order valence-electron chi connectivity index (χ2n) is 4.31. The molecule has 0 heterocycles. The Morgan fingerprint density at radius 1 is 1.11 bits per heavy atom. The molecule has 0 aromatic heterocycles. The smallest absolute Gasteiger partial charge is 0.0625 e. The fraction of sp³-hybridized carbons (Fsp3) is 0.200. The first-order valence-corrected chi connectivity index (χ1v) is 7.31. The van der Waals surface area contributed by atoms with E-state index in [9.17, 15) is 0 Å². The summed E-state index contributed by atoms with van der Waals surface area (Å²) in [5.74, 6) is 0. The van der Waals surface area contributed by atoms with Crippen molar-refractivity contribution >= 4 is 39.1 Å². The lowest BCUT2D eigenvalue weighted by molar-refractivity contribution is 0.917. The van der Waals surface area contributed by atoms with Crippen LogP contribution in [0.3, 0.4) is 0 Å². The molecule has 2 aromatic rings.